The van der Waals surface area contributed by atoms with Crippen molar-refractivity contribution in [3.05, 3.63) is 59.0 Å². The van der Waals surface area contributed by atoms with Crippen molar-refractivity contribution in [1.82, 2.24) is 4.98 Å². The Kier molecular flexibility index (Phi) is 8.18. The lowest BCUT2D eigenvalue weighted by molar-refractivity contribution is -0.114. The van der Waals surface area contributed by atoms with E-state index in [0.717, 1.165) is 16.0 Å². The maximum Gasteiger partial charge on any atom is 0.387 e. The zero-order chi connectivity index (χ0) is 23.1. The lowest BCUT2D eigenvalue weighted by atomic mass is 10.1. The average molecular weight is 478 g/mol. The van der Waals surface area contributed by atoms with Crippen molar-refractivity contribution in [2.45, 2.75) is 20.5 Å². The maximum absolute atomic E-state index is 12.3. The Hall–Kier alpha value is -2.98. The fraction of sp³-hybridized carbons (Fsp3) is 0.227. The summed E-state index contributed by atoms with van der Waals surface area (Å²) in [4.78, 5) is 29.5. The van der Waals surface area contributed by atoms with Crippen LogP contribution in [0.5, 0.6) is 5.75 Å². The summed E-state index contributed by atoms with van der Waals surface area (Å²) in [6.07, 6.45) is 0. The standard InChI is InChI=1S/C22H21F2N3O3S2/c1-13-3-7-16(8-4-13)25-18(28)11-31-12-19(29)26-22-27-20(14(2)32-22)15-5-9-17(10-6-15)30-21(23)24/h3-10,21H,11-12H2,1-2H3,(H,25,28)(H,26,27,29). The van der Waals surface area contributed by atoms with Crippen LogP contribution >= 0.6 is 23.1 Å². The van der Waals surface area contributed by atoms with E-state index in [4.69, 9.17) is 0 Å². The summed E-state index contributed by atoms with van der Waals surface area (Å²) in [5, 5.41) is 5.95. The van der Waals surface area contributed by atoms with Gasteiger partial charge >= 0.3 is 6.61 Å². The molecule has 2 aromatic carbocycles. The number of benzene rings is 2. The number of carbonyl (C=O) groups excluding carboxylic acids is 2. The number of rotatable bonds is 9. The second kappa shape index (κ2) is 11.1. The quantitative estimate of drug-likeness (QED) is 0.435. The topological polar surface area (TPSA) is 80.3 Å². The van der Waals surface area contributed by atoms with E-state index in [2.05, 4.69) is 20.4 Å². The van der Waals surface area contributed by atoms with Crippen LogP contribution in [0.2, 0.25) is 0 Å². The highest BCUT2D eigenvalue weighted by molar-refractivity contribution is 8.00. The first-order valence-corrected chi connectivity index (χ1v) is 11.5. The lowest BCUT2D eigenvalue weighted by Crippen LogP contribution is -2.18. The summed E-state index contributed by atoms with van der Waals surface area (Å²) in [5.74, 6) is -0.128. The monoisotopic (exact) mass is 477 g/mol. The number of hydrogen-bond acceptors (Lipinski definition) is 6. The normalized spacial score (nSPS) is 10.8. The van der Waals surface area contributed by atoms with E-state index in [1.807, 2.05) is 38.1 Å². The maximum atomic E-state index is 12.3. The highest BCUT2D eigenvalue weighted by atomic mass is 32.2. The number of aromatic nitrogens is 1. The molecule has 3 rings (SSSR count). The van der Waals surface area contributed by atoms with Gasteiger partial charge in [0.2, 0.25) is 11.8 Å². The summed E-state index contributed by atoms with van der Waals surface area (Å²) < 4.78 is 28.9. The van der Waals surface area contributed by atoms with E-state index in [1.165, 1.54) is 35.2 Å². The molecule has 32 heavy (non-hydrogen) atoms. The van der Waals surface area contributed by atoms with Crippen molar-refractivity contribution in [3.63, 3.8) is 0 Å². The fourth-order valence-corrected chi connectivity index (χ4v) is 4.21. The van der Waals surface area contributed by atoms with Crippen LogP contribution in [0.25, 0.3) is 11.3 Å². The zero-order valence-electron chi connectivity index (χ0n) is 17.4. The smallest absolute Gasteiger partial charge is 0.387 e. The third-order valence-electron chi connectivity index (χ3n) is 4.20. The van der Waals surface area contributed by atoms with Crippen LogP contribution in [-0.4, -0.2) is 34.9 Å². The molecule has 0 aliphatic heterocycles. The molecule has 10 heteroatoms. The van der Waals surface area contributed by atoms with Gasteiger partial charge in [-0.05, 0) is 50.2 Å². The van der Waals surface area contributed by atoms with E-state index >= 15 is 0 Å². The number of alkyl halides is 2. The van der Waals surface area contributed by atoms with Crippen molar-refractivity contribution < 1.29 is 23.1 Å². The summed E-state index contributed by atoms with van der Waals surface area (Å²) in [5.41, 5.74) is 3.19. The van der Waals surface area contributed by atoms with Gasteiger partial charge in [-0.2, -0.15) is 8.78 Å². The SMILES string of the molecule is Cc1ccc(NC(=O)CSCC(=O)Nc2nc(-c3ccc(OC(F)F)cc3)c(C)s2)cc1. The number of nitrogens with zero attached hydrogens (tertiary/aromatic N) is 1. The van der Waals surface area contributed by atoms with Crippen LogP contribution in [0.15, 0.2) is 48.5 Å². The van der Waals surface area contributed by atoms with Crippen LogP contribution in [0.4, 0.5) is 19.6 Å². The molecule has 168 valence electrons. The Morgan fingerprint density at radius 2 is 1.62 bits per heavy atom. The third-order valence-corrected chi connectivity index (χ3v) is 6.02. The Morgan fingerprint density at radius 1 is 1.00 bits per heavy atom. The molecule has 0 saturated heterocycles. The molecule has 0 aliphatic carbocycles. The first-order chi connectivity index (χ1) is 15.3. The van der Waals surface area contributed by atoms with Crippen LogP contribution in [0.3, 0.4) is 0 Å². The van der Waals surface area contributed by atoms with E-state index in [9.17, 15) is 18.4 Å². The van der Waals surface area contributed by atoms with Crippen LogP contribution in [-0.2, 0) is 9.59 Å². The van der Waals surface area contributed by atoms with Gasteiger partial charge in [0.25, 0.3) is 0 Å². The second-order valence-electron chi connectivity index (χ2n) is 6.78. The lowest BCUT2D eigenvalue weighted by Gasteiger charge is -2.06. The van der Waals surface area contributed by atoms with Crippen molar-refractivity contribution in [2.75, 3.05) is 22.1 Å². The van der Waals surface area contributed by atoms with Gasteiger partial charge in [0.15, 0.2) is 5.13 Å². The molecular formula is C22H21F2N3O3S2. The molecule has 0 aliphatic rings. The number of hydrogen-bond donors (Lipinski definition) is 2. The number of carbonyl (C=O) groups is 2. The number of aryl methyl sites for hydroxylation is 2. The molecule has 0 bridgehead atoms. The highest BCUT2D eigenvalue weighted by Gasteiger charge is 2.13. The third kappa shape index (κ3) is 7.03. The molecule has 6 nitrogen and oxygen atoms in total. The van der Waals surface area contributed by atoms with Gasteiger partial charge in [-0.1, -0.05) is 17.7 Å². The largest absolute Gasteiger partial charge is 0.435 e. The molecule has 0 fully saturated rings. The molecule has 1 heterocycles. The van der Waals surface area contributed by atoms with Gasteiger partial charge in [0.05, 0.1) is 17.2 Å². The molecule has 1 aromatic heterocycles. The number of ether oxygens (including phenoxy) is 1. The number of thioether (sulfide) groups is 1. The van der Waals surface area contributed by atoms with E-state index in [-0.39, 0.29) is 29.1 Å². The molecule has 2 amide bonds. The first-order valence-electron chi connectivity index (χ1n) is 9.57. The van der Waals surface area contributed by atoms with Crippen molar-refractivity contribution >= 4 is 45.7 Å². The van der Waals surface area contributed by atoms with Crippen LogP contribution < -0.4 is 15.4 Å². The van der Waals surface area contributed by atoms with Gasteiger partial charge in [-0.25, -0.2) is 4.98 Å². The highest BCUT2D eigenvalue weighted by Crippen LogP contribution is 2.31. The van der Waals surface area contributed by atoms with Gasteiger partial charge in [-0.15, -0.1) is 23.1 Å². The Balaban J connectivity index is 1.48. The fourth-order valence-electron chi connectivity index (χ4n) is 2.74. The first kappa shape index (κ1) is 23.7. The number of anilines is 2. The number of nitrogens with one attached hydrogen (secondary N) is 2. The Labute approximate surface area is 192 Å². The molecule has 0 saturated carbocycles. The summed E-state index contributed by atoms with van der Waals surface area (Å²) >= 11 is 2.51. The average Bonchev–Trinajstić information content (AvgIpc) is 3.09. The molecule has 3 aromatic rings. The second-order valence-corrected chi connectivity index (χ2v) is 8.97. The summed E-state index contributed by atoms with van der Waals surface area (Å²) in [6.45, 7) is 0.945. The number of thiazole rings is 1. The molecule has 0 atom stereocenters. The van der Waals surface area contributed by atoms with Crippen molar-refractivity contribution in [1.29, 1.82) is 0 Å². The Morgan fingerprint density at radius 3 is 2.25 bits per heavy atom. The predicted octanol–water partition coefficient (Wildman–Crippen LogP) is 5.34. The van der Waals surface area contributed by atoms with Gasteiger partial charge in [0.1, 0.15) is 5.75 Å². The van der Waals surface area contributed by atoms with E-state index in [1.54, 1.807) is 12.1 Å². The molecular weight excluding hydrogens is 456 g/mol. The van der Waals surface area contributed by atoms with Gasteiger partial charge in [0, 0.05) is 16.1 Å². The molecule has 0 radical (unpaired) electrons. The Bertz CT molecular complexity index is 1070. The van der Waals surface area contributed by atoms with Crippen molar-refractivity contribution in [2.24, 2.45) is 0 Å². The minimum absolute atomic E-state index is 0.0635. The van der Waals surface area contributed by atoms with Crippen LogP contribution in [0, 0.1) is 13.8 Å². The van der Waals surface area contributed by atoms with Crippen molar-refractivity contribution in [3.8, 4) is 17.0 Å². The molecule has 0 spiro atoms. The molecule has 2 N–H and O–H groups in total. The van der Waals surface area contributed by atoms with E-state index < -0.39 is 6.61 Å². The number of amides is 2. The van der Waals surface area contributed by atoms with Gasteiger partial charge in [-0.3, -0.25) is 9.59 Å². The van der Waals surface area contributed by atoms with E-state index in [0.29, 0.717) is 16.5 Å². The minimum atomic E-state index is -2.88. The summed E-state index contributed by atoms with van der Waals surface area (Å²) in [7, 11) is 0. The molecule has 0 unspecified atom stereocenters. The van der Waals surface area contributed by atoms with Crippen LogP contribution in [0.1, 0.15) is 10.4 Å². The van der Waals surface area contributed by atoms with Gasteiger partial charge < -0.3 is 15.4 Å². The predicted molar refractivity (Wildman–Crippen MR) is 125 cm³/mol. The summed E-state index contributed by atoms with van der Waals surface area (Å²) in [6, 6.07) is 13.6. The zero-order valence-corrected chi connectivity index (χ0v) is 19.0. The minimum Gasteiger partial charge on any atom is -0.435 e. The number of halogens is 2.